The Balaban J connectivity index is 3.55. The molecule has 4 amide bonds. The van der Waals surface area contributed by atoms with Gasteiger partial charge in [-0.2, -0.15) is 11.8 Å². The van der Waals surface area contributed by atoms with Gasteiger partial charge in [0.05, 0.1) is 409 Å². The molecule has 0 saturated carbocycles. The molecule has 44 nitrogen and oxygen atoms in total. The summed E-state index contributed by atoms with van der Waals surface area (Å²) in [5.74, 6) is -1.84. The molecule has 45 heteroatoms. The van der Waals surface area contributed by atoms with Crippen molar-refractivity contribution in [3.05, 3.63) is 0 Å². The summed E-state index contributed by atoms with van der Waals surface area (Å²) in [5, 5.41) is 17.5. The normalized spacial score (nSPS) is 12.2. The monoisotopic (exact) mass is 2140 g/mol. The largest absolute Gasteiger partial charge is 0.508 e. The van der Waals surface area contributed by atoms with Crippen LogP contribution in [-0.4, -0.2) is 480 Å². The standard InChI is InChI=1S/C101H197N5O39S/c1-3-5-7-9-11-13-15-17-19-21-23-25-30-142-100(112)144-33-27-93(145-101(113)143-31-26-24-22-20-18-16-14-12-10-8-6-4-2)91-146-92-94(102)98(110)106-95(90-107)99(111)104-29-34-115-36-38-117-40-42-119-44-46-121-48-50-123-52-54-125-56-58-127-60-62-129-64-66-131-68-70-133-72-74-135-76-78-137-80-82-139-84-86-141-88-87-140-85-83-138-81-79-136-77-75-134-73-71-132-69-67-130-65-63-128-61-59-126-57-55-124-53-51-122-49-47-120-45-43-118-41-39-116-37-35-114-32-28-97(109)105-89-96(103)108/h93-95,107H,3-92,102H2,1-2H3,(H2,103,108)(H,104,111)(H,105,109)(H,106,110)/t93-,94+,95+/m1/s1. The van der Waals surface area contributed by atoms with Crippen LogP contribution >= 0.6 is 11.8 Å². The van der Waals surface area contributed by atoms with E-state index < -0.39 is 54.8 Å². The van der Waals surface area contributed by atoms with Gasteiger partial charge in [0.15, 0.2) is 0 Å². The van der Waals surface area contributed by atoms with Crippen molar-refractivity contribution < 1.29 is 185 Å². The molecule has 0 bridgehead atoms. The van der Waals surface area contributed by atoms with Crippen molar-refractivity contribution in [2.75, 3.05) is 421 Å². The third-order valence-electron chi connectivity index (χ3n) is 20.6. The quantitative estimate of drug-likeness (QED) is 0.0252. The lowest BCUT2D eigenvalue weighted by Gasteiger charge is -2.20. The van der Waals surface area contributed by atoms with E-state index in [1.807, 2.05) is 0 Å². The highest BCUT2D eigenvalue weighted by Gasteiger charge is 2.25. The number of aliphatic hydroxyl groups excluding tert-OH is 1. The molecule has 0 aliphatic heterocycles. The molecule has 0 aromatic carbocycles. The molecule has 146 heavy (non-hydrogen) atoms. The molecule has 8 N–H and O–H groups in total. The molecular weight excluding hydrogens is 1940 g/mol. The smallest absolute Gasteiger partial charge is 0.434 e. The Morgan fingerprint density at radius 2 is 0.473 bits per heavy atom. The van der Waals surface area contributed by atoms with Crippen molar-refractivity contribution >= 4 is 47.7 Å². The molecule has 866 valence electrons. The van der Waals surface area contributed by atoms with Gasteiger partial charge in [0.25, 0.3) is 0 Å². The molecule has 0 spiro atoms. The van der Waals surface area contributed by atoms with E-state index in [1.165, 1.54) is 121 Å². The summed E-state index contributed by atoms with van der Waals surface area (Å²) in [4.78, 5) is 73.2. The van der Waals surface area contributed by atoms with Crippen molar-refractivity contribution in [3.8, 4) is 0 Å². The zero-order valence-electron chi connectivity index (χ0n) is 89.4. The lowest BCUT2D eigenvalue weighted by Crippen LogP contribution is -2.54. The first kappa shape index (κ1) is 142. The highest BCUT2D eigenvalue weighted by Crippen LogP contribution is 2.17. The van der Waals surface area contributed by atoms with E-state index in [0.29, 0.717) is 350 Å². The van der Waals surface area contributed by atoms with E-state index in [0.717, 1.165) is 44.9 Å². The minimum atomic E-state index is -1.25. The third kappa shape index (κ3) is 118. The molecule has 0 aliphatic carbocycles. The number of unbranched alkanes of at least 4 members (excludes halogenated alkanes) is 22. The Kier molecular flexibility index (Phi) is 120. The van der Waals surface area contributed by atoms with Crippen LogP contribution in [0, 0.1) is 0 Å². The molecule has 3 atom stereocenters. The summed E-state index contributed by atoms with van der Waals surface area (Å²) in [5.41, 5.74) is 11.2. The van der Waals surface area contributed by atoms with Crippen LogP contribution in [0.25, 0.3) is 0 Å². The molecule has 0 aromatic rings. The average Bonchev–Trinajstić information content (AvgIpc) is 0.906. The van der Waals surface area contributed by atoms with E-state index in [1.54, 1.807) is 0 Å². The maximum Gasteiger partial charge on any atom is 0.508 e. The molecule has 0 heterocycles. The summed E-state index contributed by atoms with van der Waals surface area (Å²) >= 11 is 1.25. The van der Waals surface area contributed by atoms with Crippen LogP contribution in [0.15, 0.2) is 0 Å². The predicted molar refractivity (Wildman–Crippen MR) is 547 cm³/mol. The Morgan fingerprint density at radius 1 is 0.253 bits per heavy atom. The third-order valence-corrected chi connectivity index (χ3v) is 21.8. The van der Waals surface area contributed by atoms with E-state index in [2.05, 4.69) is 29.8 Å². The van der Waals surface area contributed by atoms with Crippen LogP contribution in [-0.2, 0) is 171 Å². The fourth-order valence-corrected chi connectivity index (χ4v) is 13.6. The van der Waals surface area contributed by atoms with E-state index >= 15 is 0 Å². The second-order valence-electron chi connectivity index (χ2n) is 33.2. The van der Waals surface area contributed by atoms with E-state index in [4.69, 9.17) is 163 Å². The topological polar surface area (TPSA) is 506 Å². The van der Waals surface area contributed by atoms with Gasteiger partial charge >= 0.3 is 12.3 Å². The molecule has 0 rings (SSSR count). The Labute approximate surface area is 876 Å². The summed E-state index contributed by atoms with van der Waals surface area (Å²) in [7, 11) is 0. The number of amides is 4. The molecule has 0 unspecified atom stereocenters. The van der Waals surface area contributed by atoms with Crippen LogP contribution in [0.3, 0.4) is 0 Å². The van der Waals surface area contributed by atoms with Crippen molar-refractivity contribution in [2.45, 2.75) is 199 Å². The maximum atomic E-state index is 13.1. The van der Waals surface area contributed by atoms with Gasteiger partial charge < -0.3 is 184 Å². The summed E-state index contributed by atoms with van der Waals surface area (Å²) in [6.07, 6.45) is 26.6. The van der Waals surface area contributed by atoms with Crippen molar-refractivity contribution in [1.29, 1.82) is 0 Å². The maximum absolute atomic E-state index is 13.1. The van der Waals surface area contributed by atoms with Crippen molar-refractivity contribution in [3.63, 3.8) is 0 Å². The Hall–Kier alpha value is -4.43. The fourth-order valence-electron chi connectivity index (χ4n) is 12.6. The van der Waals surface area contributed by atoms with Gasteiger partial charge in [-0.25, -0.2) is 9.59 Å². The summed E-state index contributed by atoms with van der Waals surface area (Å²) < 4.78 is 176. The molecule has 0 aliphatic rings. The van der Waals surface area contributed by atoms with Crippen molar-refractivity contribution in [1.82, 2.24) is 16.0 Å². The van der Waals surface area contributed by atoms with Gasteiger partial charge in [0, 0.05) is 30.9 Å². The number of nitrogens with two attached hydrogens (primary N) is 2. The highest BCUT2D eigenvalue weighted by molar-refractivity contribution is 7.99. The zero-order chi connectivity index (χ0) is 105. The predicted octanol–water partition coefficient (Wildman–Crippen LogP) is 7.56. The molecular formula is C101H197N5O39S. The zero-order valence-corrected chi connectivity index (χ0v) is 90.2. The van der Waals surface area contributed by atoms with Gasteiger partial charge in [0.2, 0.25) is 23.6 Å². The van der Waals surface area contributed by atoms with Gasteiger partial charge in [-0.15, -0.1) is 0 Å². The van der Waals surface area contributed by atoms with Gasteiger partial charge in [-0.1, -0.05) is 155 Å². The first-order valence-corrected chi connectivity index (χ1v) is 55.1. The lowest BCUT2D eigenvalue weighted by molar-refractivity contribution is -0.130. The molecule has 0 saturated heterocycles. The molecule has 0 radical (unpaired) electrons. The van der Waals surface area contributed by atoms with Gasteiger partial charge in [-0.05, 0) is 12.8 Å². The summed E-state index contributed by atoms with van der Waals surface area (Å²) in [6, 6.07) is -2.31. The number of thioether (sulfide) groups is 1. The SMILES string of the molecule is CCCCCCCCCCCCCCOC(=O)OCC[C@H](CSC[C@H](N)C(=O)N[C@@H](CO)C(=O)NCCOCCOCCOCCOCCOCCOCCOCCOCCOCCOCCOCCOCCOCCOCCOCCOCCOCCOCCOCCOCCOCCOCCOCCOCCOCCOCCOCCOCCC(=O)NCC(N)=O)OC(=O)OCCCCCCCCCCCCCC. The fraction of sp³-hybridized carbons (Fsp3) is 0.941. The molecule has 0 aromatic heterocycles. The minimum absolute atomic E-state index is 0.0633. The average molecular weight is 2140 g/mol. The van der Waals surface area contributed by atoms with Crippen LogP contribution in [0.5, 0.6) is 0 Å². The number of hydrogen-bond donors (Lipinski definition) is 6. The number of aliphatic hydroxyl groups is 1. The van der Waals surface area contributed by atoms with Crippen LogP contribution in [0.2, 0.25) is 0 Å². The minimum Gasteiger partial charge on any atom is -0.434 e. The van der Waals surface area contributed by atoms with E-state index in [9.17, 15) is 33.9 Å². The van der Waals surface area contributed by atoms with E-state index in [-0.39, 0.29) is 83.0 Å². The number of primary amides is 1. The second kappa shape index (κ2) is 124. The summed E-state index contributed by atoms with van der Waals surface area (Å²) in [6.45, 7) is 28.4. The molecule has 0 fully saturated rings. The number of rotatable bonds is 127. The first-order chi connectivity index (χ1) is 72.0. The number of carbonyl (C=O) groups excluding carboxylic acids is 6. The van der Waals surface area contributed by atoms with Gasteiger partial charge in [0.1, 0.15) is 12.1 Å². The number of ether oxygens (including phenoxy) is 32. The number of hydrogen-bond acceptors (Lipinski definition) is 41. The highest BCUT2D eigenvalue weighted by atomic mass is 32.2. The number of nitrogens with one attached hydrogen (secondary N) is 3. The lowest BCUT2D eigenvalue weighted by atomic mass is 10.1. The van der Waals surface area contributed by atoms with Gasteiger partial charge in [-0.3, -0.25) is 19.2 Å². The second-order valence-corrected chi connectivity index (χ2v) is 34.2. The Bertz CT molecular complexity index is 2670. The van der Waals surface area contributed by atoms with Crippen LogP contribution in [0.1, 0.15) is 181 Å². The number of carbonyl (C=O) groups is 6. The van der Waals surface area contributed by atoms with Crippen LogP contribution in [0.4, 0.5) is 9.59 Å². The van der Waals surface area contributed by atoms with Crippen molar-refractivity contribution in [2.24, 2.45) is 11.5 Å². The van der Waals surface area contributed by atoms with Crippen LogP contribution < -0.4 is 27.4 Å². The first-order valence-electron chi connectivity index (χ1n) is 53.9. The Morgan fingerprint density at radius 3 is 0.712 bits per heavy atom.